The third-order valence-electron chi connectivity index (χ3n) is 3.48. The Morgan fingerprint density at radius 3 is 2.64 bits per heavy atom. The average molecular weight is 329 g/mol. The van der Waals surface area contributed by atoms with Crippen molar-refractivity contribution in [1.29, 1.82) is 0 Å². The van der Waals surface area contributed by atoms with Gasteiger partial charge in [-0.25, -0.2) is 13.6 Å². The highest BCUT2D eigenvalue weighted by Crippen LogP contribution is 2.48. The van der Waals surface area contributed by atoms with E-state index >= 15 is 0 Å². The van der Waals surface area contributed by atoms with Crippen LogP contribution in [0.5, 0.6) is 0 Å². The van der Waals surface area contributed by atoms with Gasteiger partial charge in [0.25, 0.3) is 5.92 Å². The van der Waals surface area contributed by atoms with Gasteiger partial charge in [-0.2, -0.15) is 0 Å². The molecule has 0 bridgehead atoms. The molecule has 2 N–H and O–H groups in total. The number of carboxylic acids is 1. The van der Waals surface area contributed by atoms with Crippen molar-refractivity contribution >= 4 is 23.4 Å². The number of halogens is 3. The van der Waals surface area contributed by atoms with Crippen LogP contribution in [0.2, 0.25) is 5.02 Å². The monoisotopic (exact) mass is 328 g/mol. The number of benzene rings is 1. The Kier molecular flexibility index (Phi) is 3.52. The van der Waals surface area contributed by atoms with Crippen LogP contribution in [-0.4, -0.2) is 28.7 Å². The van der Waals surface area contributed by atoms with Crippen molar-refractivity contribution in [1.82, 2.24) is 5.16 Å². The molecule has 1 heterocycles. The molecule has 0 radical (unpaired) electrons. The van der Waals surface area contributed by atoms with E-state index in [2.05, 4.69) is 10.5 Å². The second-order valence-electron chi connectivity index (χ2n) is 5.09. The lowest BCUT2D eigenvalue weighted by Gasteiger charge is -2.03. The molecular weight excluding hydrogens is 318 g/mol. The van der Waals surface area contributed by atoms with E-state index < -0.39 is 17.8 Å². The van der Waals surface area contributed by atoms with E-state index in [1.165, 1.54) is 0 Å². The lowest BCUT2D eigenvalue weighted by Crippen LogP contribution is -2.11. The van der Waals surface area contributed by atoms with E-state index in [0.29, 0.717) is 10.6 Å². The van der Waals surface area contributed by atoms with E-state index in [4.69, 9.17) is 16.1 Å². The third kappa shape index (κ3) is 2.76. The van der Waals surface area contributed by atoms with Gasteiger partial charge in [0.1, 0.15) is 0 Å². The van der Waals surface area contributed by atoms with Crippen molar-refractivity contribution in [3.63, 3.8) is 0 Å². The fourth-order valence-electron chi connectivity index (χ4n) is 2.12. The maximum absolute atomic E-state index is 12.9. The standard InChI is InChI=1S/C14H11ClF2N2O3/c15-9-3-1-7(2-4-9)11-10(13(20)21)12(19-22-11)18-6-8-5-14(8,16)17/h1-4,8H,5-6H2,(H,18,19)(H,20,21). The Balaban J connectivity index is 1.85. The van der Waals surface area contributed by atoms with E-state index in [0.717, 1.165) is 0 Å². The van der Waals surface area contributed by atoms with Gasteiger partial charge in [0.15, 0.2) is 17.1 Å². The van der Waals surface area contributed by atoms with Crippen LogP contribution in [0.3, 0.4) is 0 Å². The summed E-state index contributed by atoms with van der Waals surface area (Å²) in [7, 11) is 0. The first kappa shape index (κ1) is 14.8. The van der Waals surface area contributed by atoms with Gasteiger partial charge in [0.05, 0.1) is 0 Å². The number of hydrogen-bond acceptors (Lipinski definition) is 4. The summed E-state index contributed by atoms with van der Waals surface area (Å²) >= 11 is 5.78. The average Bonchev–Trinajstić information content (AvgIpc) is 2.88. The minimum absolute atomic E-state index is 0.0502. The summed E-state index contributed by atoms with van der Waals surface area (Å²) in [6.45, 7) is -0.0557. The predicted octanol–water partition coefficient (Wildman–Crippen LogP) is 3.76. The molecule has 1 atom stereocenters. The SMILES string of the molecule is O=C(O)c1c(NCC2CC2(F)F)noc1-c1ccc(Cl)cc1. The molecule has 1 aliphatic rings. The molecule has 1 aliphatic carbocycles. The van der Waals surface area contributed by atoms with Crippen molar-refractivity contribution in [3.05, 3.63) is 34.9 Å². The number of rotatable bonds is 5. The molecule has 0 spiro atoms. The molecule has 1 aromatic heterocycles. The van der Waals surface area contributed by atoms with Crippen LogP contribution in [0.15, 0.2) is 28.8 Å². The van der Waals surface area contributed by atoms with E-state index in [9.17, 15) is 18.7 Å². The minimum atomic E-state index is -2.68. The van der Waals surface area contributed by atoms with Gasteiger partial charge in [-0.15, -0.1) is 0 Å². The fraction of sp³-hybridized carbons (Fsp3) is 0.286. The molecule has 2 aromatic rings. The summed E-state index contributed by atoms with van der Waals surface area (Å²) in [5.41, 5.74) is 0.297. The van der Waals surface area contributed by atoms with Gasteiger partial charge in [-0.3, -0.25) is 0 Å². The predicted molar refractivity (Wildman–Crippen MR) is 75.5 cm³/mol. The van der Waals surface area contributed by atoms with Gasteiger partial charge < -0.3 is 14.9 Å². The zero-order chi connectivity index (χ0) is 15.9. The first-order valence-corrected chi connectivity index (χ1v) is 6.87. The topological polar surface area (TPSA) is 75.4 Å². The van der Waals surface area contributed by atoms with Crippen LogP contribution >= 0.6 is 11.6 Å². The highest BCUT2D eigenvalue weighted by atomic mass is 35.5. The van der Waals surface area contributed by atoms with Gasteiger partial charge >= 0.3 is 5.97 Å². The lowest BCUT2D eigenvalue weighted by atomic mass is 10.1. The van der Waals surface area contributed by atoms with E-state index in [-0.39, 0.29) is 30.1 Å². The zero-order valence-corrected chi connectivity index (χ0v) is 11.9. The molecule has 22 heavy (non-hydrogen) atoms. The summed E-state index contributed by atoms with van der Waals surface area (Å²) in [6.07, 6.45) is -0.204. The largest absolute Gasteiger partial charge is 0.477 e. The minimum Gasteiger partial charge on any atom is -0.477 e. The van der Waals surface area contributed by atoms with Crippen LogP contribution in [0.25, 0.3) is 11.3 Å². The van der Waals surface area contributed by atoms with Crippen molar-refractivity contribution in [3.8, 4) is 11.3 Å². The highest BCUT2D eigenvalue weighted by molar-refractivity contribution is 6.30. The maximum atomic E-state index is 12.9. The summed E-state index contributed by atoms with van der Waals surface area (Å²) in [5, 5.41) is 16.1. The molecule has 1 unspecified atom stereocenters. The molecule has 116 valence electrons. The first-order valence-electron chi connectivity index (χ1n) is 6.49. The van der Waals surface area contributed by atoms with Crippen LogP contribution in [0.4, 0.5) is 14.6 Å². The van der Waals surface area contributed by atoms with Gasteiger partial charge in [0.2, 0.25) is 0 Å². The number of aromatic carboxylic acids is 1. The molecule has 3 rings (SSSR count). The van der Waals surface area contributed by atoms with Gasteiger partial charge in [-0.1, -0.05) is 16.8 Å². The number of hydrogen-bond donors (Lipinski definition) is 2. The number of carboxylic acid groups (broad SMARTS) is 1. The molecule has 8 heteroatoms. The number of carbonyl (C=O) groups is 1. The second kappa shape index (κ2) is 5.24. The Bertz CT molecular complexity index is 715. The quantitative estimate of drug-likeness (QED) is 0.874. The van der Waals surface area contributed by atoms with Crippen LogP contribution < -0.4 is 5.32 Å². The highest BCUT2D eigenvalue weighted by Gasteiger charge is 2.56. The van der Waals surface area contributed by atoms with Crippen LogP contribution in [0.1, 0.15) is 16.8 Å². The summed E-state index contributed by atoms with van der Waals surface area (Å²) in [6, 6.07) is 6.36. The summed E-state index contributed by atoms with van der Waals surface area (Å²) in [4.78, 5) is 11.4. The Labute approximate surface area is 128 Å². The number of anilines is 1. The van der Waals surface area contributed by atoms with Gasteiger partial charge in [-0.05, 0) is 24.3 Å². The normalized spacial score (nSPS) is 19.0. The molecule has 1 aromatic carbocycles. The van der Waals surface area contributed by atoms with Crippen LogP contribution in [0, 0.1) is 5.92 Å². The Morgan fingerprint density at radius 1 is 1.45 bits per heavy atom. The first-order chi connectivity index (χ1) is 10.4. The van der Waals surface area contributed by atoms with Crippen molar-refractivity contribution in [2.45, 2.75) is 12.3 Å². The van der Waals surface area contributed by atoms with E-state index in [1.807, 2.05) is 0 Å². The number of nitrogens with zero attached hydrogens (tertiary/aromatic N) is 1. The maximum Gasteiger partial charge on any atom is 0.343 e. The molecule has 0 amide bonds. The second-order valence-corrected chi connectivity index (χ2v) is 5.53. The molecular formula is C14H11ClF2N2O3. The Hall–Kier alpha value is -2.15. The smallest absolute Gasteiger partial charge is 0.343 e. The van der Waals surface area contributed by atoms with Gasteiger partial charge in [0, 0.05) is 29.5 Å². The number of aromatic nitrogens is 1. The van der Waals surface area contributed by atoms with Crippen molar-refractivity contribution in [2.75, 3.05) is 11.9 Å². The molecule has 0 saturated heterocycles. The third-order valence-corrected chi connectivity index (χ3v) is 3.74. The zero-order valence-electron chi connectivity index (χ0n) is 11.1. The van der Waals surface area contributed by atoms with Crippen molar-refractivity contribution in [2.24, 2.45) is 5.92 Å². The molecule has 1 saturated carbocycles. The summed E-state index contributed by atoms with van der Waals surface area (Å²) in [5.74, 6) is -4.74. The molecule has 0 aliphatic heterocycles. The summed E-state index contributed by atoms with van der Waals surface area (Å²) < 4.78 is 30.8. The number of alkyl halides is 2. The van der Waals surface area contributed by atoms with Crippen LogP contribution in [-0.2, 0) is 0 Å². The van der Waals surface area contributed by atoms with E-state index in [1.54, 1.807) is 24.3 Å². The van der Waals surface area contributed by atoms with Crippen molar-refractivity contribution < 1.29 is 23.2 Å². The Morgan fingerprint density at radius 2 is 2.09 bits per heavy atom. The molecule has 5 nitrogen and oxygen atoms in total. The number of nitrogens with one attached hydrogen (secondary N) is 1. The fourth-order valence-corrected chi connectivity index (χ4v) is 2.24. The lowest BCUT2D eigenvalue weighted by molar-refractivity contribution is 0.0698. The molecule has 1 fully saturated rings.